The van der Waals surface area contributed by atoms with Gasteiger partial charge in [-0.15, -0.1) is 21.5 Å². The van der Waals surface area contributed by atoms with Crippen molar-refractivity contribution >= 4 is 56.0 Å². The van der Waals surface area contributed by atoms with Gasteiger partial charge in [0.05, 0.1) is 46.2 Å². The Morgan fingerprint density at radius 3 is 2.34 bits per heavy atom. The minimum atomic E-state index is -5.31. The number of phenols is 1. The first-order valence-electron chi connectivity index (χ1n) is 28.8. The third-order valence-corrected chi connectivity index (χ3v) is 19.9. The molecule has 4 unspecified atom stereocenters. The largest absolute Gasteiger partial charge is 0.507 e. The maximum atomic E-state index is 14.8. The number of carbonyl (C=O) groups excluding carboxylic acids is 2. The number of likely N-dealkylation sites (tertiary alicyclic amines) is 1. The van der Waals surface area contributed by atoms with E-state index in [2.05, 4.69) is 66.0 Å². The molecule has 4 aromatic heterocycles. The number of phosphoric acid groups is 2. The number of rotatable bonds is 25. The van der Waals surface area contributed by atoms with Crippen LogP contribution in [0.1, 0.15) is 75.9 Å². The number of benzene rings is 2. The summed E-state index contributed by atoms with van der Waals surface area (Å²) in [6.07, 6.45) is 2.32. The van der Waals surface area contributed by atoms with Crippen LogP contribution in [0.15, 0.2) is 89.0 Å². The van der Waals surface area contributed by atoms with E-state index in [1.807, 2.05) is 75.4 Å². The minimum absolute atomic E-state index is 0.137. The fraction of sp³-hybridized carbons (Fsp3) is 0.491. The second-order valence-corrected chi connectivity index (χ2v) is 26.3. The molecule has 8 N–H and O–H groups in total. The number of thiazole rings is 1. The highest BCUT2D eigenvalue weighted by Crippen LogP contribution is 2.61. The number of pyridine rings is 1. The molecule has 0 aliphatic carbocycles. The van der Waals surface area contributed by atoms with Gasteiger partial charge >= 0.3 is 15.6 Å². The summed E-state index contributed by atoms with van der Waals surface area (Å²) >= 11 is 1.52. The molecular formula is C57H75N13O13P2S. The van der Waals surface area contributed by atoms with Gasteiger partial charge in [-0.3, -0.25) is 28.4 Å². The van der Waals surface area contributed by atoms with E-state index in [4.69, 9.17) is 30.0 Å². The van der Waals surface area contributed by atoms with Gasteiger partial charge in [-0.2, -0.15) is 4.31 Å². The van der Waals surface area contributed by atoms with E-state index in [1.54, 1.807) is 36.8 Å². The van der Waals surface area contributed by atoms with Crippen LogP contribution in [-0.2, 0) is 32.1 Å². The molecule has 0 radical (unpaired) electrons. The van der Waals surface area contributed by atoms with Gasteiger partial charge in [0, 0.05) is 113 Å². The zero-order valence-electron chi connectivity index (χ0n) is 48.7. The molecule has 462 valence electrons. The number of aryl methyl sites for hydroxylation is 1. The summed E-state index contributed by atoms with van der Waals surface area (Å²) in [7, 11) is -10.4. The number of piperazine rings is 2. The summed E-state index contributed by atoms with van der Waals surface area (Å²) in [5.41, 5.74) is 19.2. The second-order valence-electron chi connectivity index (χ2n) is 22.5. The van der Waals surface area contributed by atoms with Crippen molar-refractivity contribution in [1.82, 2.24) is 45.3 Å². The van der Waals surface area contributed by atoms with Gasteiger partial charge in [-0.1, -0.05) is 50.2 Å². The fourth-order valence-corrected chi connectivity index (χ4v) is 15.0. The zero-order valence-corrected chi connectivity index (χ0v) is 51.3. The van der Waals surface area contributed by atoms with E-state index >= 15 is 0 Å². The highest BCUT2D eigenvalue weighted by atomic mass is 32.1. The monoisotopic (exact) mass is 1240 g/mol. The molecule has 4 fully saturated rings. The van der Waals surface area contributed by atoms with Gasteiger partial charge in [-0.05, 0) is 80.1 Å². The molecule has 4 aliphatic heterocycles. The van der Waals surface area contributed by atoms with Crippen LogP contribution < -0.4 is 36.1 Å². The Morgan fingerprint density at radius 1 is 0.884 bits per heavy atom. The molecule has 2 bridgehead atoms. The van der Waals surface area contributed by atoms with Crippen molar-refractivity contribution in [3.63, 3.8) is 0 Å². The SMILES string of the molecule is Cc1ncsc1-c1ccc([C@H](C)NC(=O)[C@@H]2C[C@@H](OP(=O)(O)OP(=O)(O)OCCN)CN2C(=O)[C@@H](c2cc(OCCN3CCN(CCOc4cc(N5C6CCC5CN(c5cc(-c7ccccc7O)nnc5N)C6)ccn4)[C@H](C)C3)no2)C(C)C)cc1. The number of ether oxygens (including phenoxy) is 2. The van der Waals surface area contributed by atoms with E-state index in [0.29, 0.717) is 36.1 Å². The molecule has 4 saturated heterocycles. The quantitative estimate of drug-likeness (QED) is 0.0339. The Balaban J connectivity index is 0.705. The number of phosphoric ester groups is 2. The number of aromatic nitrogens is 5. The van der Waals surface area contributed by atoms with Crippen molar-refractivity contribution in [1.29, 1.82) is 0 Å². The van der Waals surface area contributed by atoms with Crippen LogP contribution in [-0.4, -0.2) is 176 Å². The van der Waals surface area contributed by atoms with Crippen LogP contribution in [0.2, 0.25) is 0 Å². The Kier molecular flexibility index (Phi) is 19.7. The average molecular weight is 1240 g/mol. The fourth-order valence-electron chi connectivity index (χ4n) is 12.0. The Labute approximate surface area is 502 Å². The van der Waals surface area contributed by atoms with Crippen LogP contribution in [0, 0.1) is 12.8 Å². The number of nitrogens with one attached hydrogen (secondary N) is 1. The number of hydrogen-bond donors (Lipinski definition) is 6. The summed E-state index contributed by atoms with van der Waals surface area (Å²) in [6.45, 7) is 14.6. The van der Waals surface area contributed by atoms with E-state index < -0.39 is 64.1 Å². The van der Waals surface area contributed by atoms with E-state index in [9.17, 15) is 33.6 Å². The molecule has 6 aromatic rings. The Bertz CT molecular complexity index is 3400. The van der Waals surface area contributed by atoms with Crippen LogP contribution in [0.25, 0.3) is 21.7 Å². The predicted molar refractivity (Wildman–Crippen MR) is 321 cm³/mol. The standard InChI is InChI=1S/C57H75N13O13P2S/c1-35(2)53(57(73)69-33-44(82-85(76,77)83-84(74,75)80-23-17-58)27-48(69)56(72)62-37(4)39-10-12-40(13-11-39)54-38(5)61-34-86-54)50-29-52(65-81-50)79-24-21-66-19-20-67(36(3)30-66)22-25-78-51-26-41(16-18-60-51)70-42-14-15-43(70)32-68(31-42)47-28-46(63-64-55(47)59)45-8-6-7-9-49(45)71/h6-13,16,18,26,28-29,34-37,42-44,48,53,71H,14-15,17,19-25,27,30-33,58H2,1-5H3,(H2,59,64)(H,62,72)(H,74,75)(H,76,77)/t36-,37+,42?,43?,44-,48+,53-/m1/s1. The number of nitrogens with zero attached hydrogens (tertiary/aromatic N) is 10. The first kappa shape index (κ1) is 62.4. The number of fused-ring (bicyclic) bond motifs is 2. The lowest BCUT2D eigenvalue weighted by Crippen LogP contribution is -2.54. The van der Waals surface area contributed by atoms with Crippen molar-refractivity contribution < 1.29 is 61.0 Å². The molecule has 29 heteroatoms. The number of carbonyl (C=O) groups is 2. The summed E-state index contributed by atoms with van der Waals surface area (Å²) in [6, 6.07) is 21.3. The summed E-state index contributed by atoms with van der Waals surface area (Å²) in [5.74, 6) is -1.05. The highest BCUT2D eigenvalue weighted by Gasteiger charge is 2.48. The maximum Gasteiger partial charge on any atom is 0.481 e. The van der Waals surface area contributed by atoms with Crippen molar-refractivity contribution in [2.24, 2.45) is 11.7 Å². The van der Waals surface area contributed by atoms with Gasteiger partial charge in [0.2, 0.25) is 17.7 Å². The Morgan fingerprint density at radius 2 is 1.63 bits per heavy atom. The Hall–Kier alpha value is -6.61. The number of phenolic OH excluding ortho intramolecular Hbond substituents is 1. The lowest BCUT2D eigenvalue weighted by atomic mass is 9.91. The lowest BCUT2D eigenvalue weighted by molar-refractivity contribution is -0.141. The number of para-hydroxylation sites is 1. The number of nitrogens with two attached hydrogens (primary N) is 2. The minimum Gasteiger partial charge on any atom is -0.507 e. The number of amides is 2. The molecule has 8 heterocycles. The average Bonchev–Trinajstić information content (AvgIpc) is 2.13. The van der Waals surface area contributed by atoms with Crippen molar-refractivity contribution in [3.8, 4) is 39.2 Å². The first-order chi connectivity index (χ1) is 41.2. The third-order valence-electron chi connectivity index (χ3n) is 16.2. The summed E-state index contributed by atoms with van der Waals surface area (Å²) in [5, 5.41) is 26.2. The van der Waals surface area contributed by atoms with Gasteiger partial charge in [-0.25, -0.2) is 19.1 Å². The van der Waals surface area contributed by atoms with E-state index in [-0.39, 0.29) is 61.6 Å². The van der Waals surface area contributed by atoms with Gasteiger partial charge in [0.15, 0.2) is 11.6 Å². The smallest absolute Gasteiger partial charge is 0.481 e. The van der Waals surface area contributed by atoms with Crippen LogP contribution in [0.3, 0.4) is 0 Å². The molecule has 26 nitrogen and oxygen atoms in total. The molecule has 10 rings (SSSR count). The molecular weight excluding hydrogens is 1170 g/mol. The van der Waals surface area contributed by atoms with E-state index in [0.717, 1.165) is 85.2 Å². The molecule has 86 heavy (non-hydrogen) atoms. The number of nitrogen functional groups attached to an aromatic ring is 1. The third kappa shape index (κ3) is 14.8. The van der Waals surface area contributed by atoms with Crippen molar-refractivity contribution in [2.75, 3.05) is 94.3 Å². The second kappa shape index (κ2) is 27.2. The zero-order chi connectivity index (χ0) is 60.9. The van der Waals surface area contributed by atoms with E-state index in [1.165, 1.54) is 16.2 Å². The number of aromatic hydroxyl groups is 1. The highest BCUT2D eigenvalue weighted by molar-refractivity contribution is 7.61. The number of hydrogen-bond acceptors (Lipinski definition) is 23. The van der Waals surface area contributed by atoms with Crippen molar-refractivity contribution in [2.45, 2.75) is 96.1 Å². The predicted octanol–water partition coefficient (Wildman–Crippen LogP) is 6.36. The lowest BCUT2D eigenvalue weighted by Gasteiger charge is -2.43. The van der Waals surface area contributed by atoms with Crippen LogP contribution in [0.4, 0.5) is 17.2 Å². The number of anilines is 3. The normalized spacial score (nSPS) is 22.2. The molecule has 2 amide bonds. The topological polar surface area (TPSA) is 333 Å². The molecule has 9 atom stereocenters. The van der Waals surface area contributed by atoms with Crippen LogP contribution >= 0.6 is 27.0 Å². The molecule has 4 aliphatic rings. The van der Waals surface area contributed by atoms with Crippen LogP contribution in [0.5, 0.6) is 17.5 Å². The molecule has 0 spiro atoms. The van der Waals surface area contributed by atoms with Gasteiger partial charge in [0.25, 0.3) is 5.88 Å². The van der Waals surface area contributed by atoms with Crippen molar-refractivity contribution in [3.05, 3.63) is 102 Å². The molecule has 2 aromatic carbocycles. The summed E-state index contributed by atoms with van der Waals surface area (Å²) in [4.78, 5) is 70.3. The van der Waals surface area contributed by atoms with Gasteiger partial charge < -0.3 is 60.4 Å². The van der Waals surface area contributed by atoms with Gasteiger partial charge in [0.1, 0.15) is 30.9 Å². The first-order valence-corrected chi connectivity index (χ1v) is 32.7. The molecule has 0 saturated carbocycles. The maximum absolute atomic E-state index is 14.8. The summed E-state index contributed by atoms with van der Waals surface area (Å²) < 4.78 is 58.2.